The maximum absolute atomic E-state index is 6.09. The monoisotopic (exact) mass is 246 g/mol. The molecule has 0 amide bonds. The van der Waals surface area contributed by atoms with E-state index in [9.17, 15) is 0 Å². The predicted octanol–water partition coefficient (Wildman–Crippen LogP) is 2.80. The van der Waals surface area contributed by atoms with Gasteiger partial charge in [0.05, 0.1) is 16.2 Å². The maximum Gasteiger partial charge on any atom is 0.121 e. The first kappa shape index (κ1) is 10.2. The summed E-state index contributed by atoms with van der Waals surface area (Å²) < 4.78 is 1.65. The maximum atomic E-state index is 6.09. The summed E-state index contributed by atoms with van der Waals surface area (Å²) >= 11 is 6.09. The Kier molecular flexibility index (Phi) is 2.12. The molecule has 5 heteroatoms. The number of aromatic nitrogens is 3. The molecule has 0 unspecified atom stereocenters. The van der Waals surface area contributed by atoms with Gasteiger partial charge >= 0.3 is 0 Å². The van der Waals surface area contributed by atoms with Gasteiger partial charge in [-0.25, -0.2) is 0 Å². The number of benzene rings is 1. The molecule has 0 spiro atoms. The highest BCUT2D eigenvalue weighted by Gasteiger charge is 2.11. The van der Waals surface area contributed by atoms with E-state index in [1.807, 2.05) is 31.3 Å². The van der Waals surface area contributed by atoms with Crippen LogP contribution in [0.25, 0.3) is 22.2 Å². The van der Waals surface area contributed by atoms with Crippen molar-refractivity contribution in [1.82, 2.24) is 14.8 Å². The summed E-state index contributed by atoms with van der Waals surface area (Å²) in [6.07, 6.45) is 1.78. The summed E-state index contributed by atoms with van der Waals surface area (Å²) in [6.45, 7) is 0. The zero-order valence-corrected chi connectivity index (χ0v) is 9.99. The Balaban J connectivity index is 2.30. The summed E-state index contributed by atoms with van der Waals surface area (Å²) in [4.78, 5) is 3.16. The van der Waals surface area contributed by atoms with Crippen molar-refractivity contribution in [2.45, 2.75) is 0 Å². The standard InChI is InChI=1S/C12H11ClN4/c1-17-11(14)5-10(16-17)8-4-2-3-7-9(13)6-15-12(7)8/h2-6,15H,14H2,1H3. The number of nitrogens with one attached hydrogen (secondary N) is 1. The van der Waals surface area contributed by atoms with Crippen LogP contribution in [0.2, 0.25) is 5.02 Å². The second kappa shape index (κ2) is 3.53. The molecule has 4 nitrogen and oxygen atoms in total. The molecule has 0 saturated carbocycles. The Morgan fingerprint density at radius 3 is 2.94 bits per heavy atom. The molecule has 0 atom stereocenters. The van der Waals surface area contributed by atoms with Gasteiger partial charge in [-0.05, 0) is 0 Å². The van der Waals surface area contributed by atoms with Gasteiger partial charge in [0.1, 0.15) is 5.82 Å². The van der Waals surface area contributed by atoms with E-state index in [0.717, 1.165) is 22.2 Å². The molecular formula is C12H11ClN4. The predicted molar refractivity (Wildman–Crippen MR) is 69.9 cm³/mol. The topological polar surface area (TPSA) is 59.6 Å². The lowest BCUT2D eigenvalue weighted by molar-refractivity contribution is 0.782. The molecule has 3 rings (SSSR count). The number of para-hydroxylation sites is 1. The zero-order chi connectivity index (χ0) is 12.0. The molecule has 3 aromatic rings. The van der Waals surface area contributed by atoms with E-state index in [0.29, 0.717) is 10.8 Å². The van der Waals surface area contributed by atoms with Crippen LogP contribution < -0.4 is 5.73 Å². The van der Waals surface area contributed by atoms with Gasteiger partial charge in [0.25, 0.3) is 0 Å². The van der Waals surface area contributed by atoms with Gasteiger partial charge in [-0.1, -0.05) is 29.8 Å². The van der Waals surface area contributed by atoms with Crippen molar-refractivity contribution in [2.75, 3.05) is 5.73 Å². The highest BCUT2D eigenvalue weighted by Crippen LogP contribution is 2.31. The Bertz CT molecular complexity index is 676. The Morgan fingerprint density at radius 1 is 1.41 bits per heavy atom. The molecular weight excluding hydrogens is 236 g/mol. The molecule has 2 aromatic heterocycles. The Hall–Kier alpha value is -1.94. The lowest BCUT2D eigenvalue weighted by Crippen LogP contribution is -1.96. The van der Waals surface area contributed by atoms with Crippen molar-refractivity contribution < 1.29 is 0 Å². The number of anilines is 1. The zero-order valence-electron chi connectivity index (χ0n) is 9.24. The van der Waals surface area contributed by atoms with E-state index < -0.39 is 0 Å². The number of nitrogens with two attached hydrogens (primary N) is 1. The number of halogens is 1. The smallest absolute Gasteiger partial charge is 0.121 e. The van der Waals surface area contributed by atoms with Crippen molar-refractivity contribution in [1.29, 1.82) is 0 Å². The molecule has 1 aromatic carbocycles. The summed E-state index contributed by atoms with van der Waals surface area (Å²) in [6, 6.07) is 7.78. The molecule has 0 aliphatic rings. The second-order valence-corrected chi connectivity index (χ2v) is 4.35. The number of fused-ring (bicyclic) bond motifs is 1. The number of aromatic amines is 1. The minimum Gasteiger partial charge on any atom is -0.384 e. The van der Waals surface area contributed by atoms with Gasteiger partial charge in [-0.15, -0.1) is 0 Å². The van der Waals surface area contributed by atoms with E-state index >= 15 is 0 Å². The fourth-order valence-electron chi connectivity index (χ4n) is 1.95. The summed E-state index contributed by atoms with van der Waals surface area (Å²) in [7, 11) is 1.82. The molecule has 0 radical (unpaired) electrons. The summed E-state index contributed by atoms with van der Waals surface area (Å²) in [5.74, 6) is 0.634. The van der Waals surface area contributed by atoms with E-state index in [1.165, 1.54) is 0 Å². The van der Waals surface area contributed by atoms with Crippen LogP contribution in [0.1, 0.15) is 0 Å². The van der Waals surface area contributed by atoms with E-state index in [2.05, 4.69) is 10.1 Å². The molecule has 0 fully saturated rings. The molecule has 2 heterocycles. The summed E-state index contributed by atoms with van der Waals surface area (Å²) in [5, 5.41) is 6.08. The minimum atomic E-state index is 0.634. The first-order valence-electron chi connectivity index (χ1n) is 5.22. The quantitative estimate of drug-likeness (QED) is 0.694. The Labute approximate surface area is 103 Å². The van der Waals surface area contributed by atoms with Gasteiger partial charge in [-0.2, -0.15) is 5.10 Å². The molecule has 17 heavy (non-hydrogen) atoms. The van der Waals surface area contributed by atoms with Crippen LogP contribution in [0.15, 0.2) is 30.5 Å². The highest BCUT2D eigenvalue weighted by atomic mass is 35.5. The molecule has 0 aliphatic carbocycles. The fourth-order valence-corrected chi connectivity index (χ4v) is 2.16. The third-order valence-electron chi connectivity index (χ3n) is 2.86. The number of aryl methyl sites for hydroxylation is 1. The molecule has 0 aliphatic heterocycles. The van der Waals surface area contributed by atoms with Gasteiger partial charge in [0.2, 0.25) is 0 Å². The number of hydrogen-bond acceptors (Lipinski definition) is 2. The van der Waals surface area contributed by atoms with Crippen molar-refractivity contribution in [2.24, 2.45) is 7.05 Å². The average Bonchev–Trinajstić information content (AvgIpc) is 2.84. The lowest BCUT2D eigenvalue weighted by atomic mass is 10.1. The molecule has 0 bridgehead atoms. The van der Waals surface area contributed by atoms with Crippen LogP contribution in [0.5, 0.6) is 0 Å². The minimum absolute atomic E-state index is 0.634. The average molecular weight is 247 g/mol. The normalized spacial score (nSPS) is 11.2. The van der Waals surface area contributed by atoms with Crippen molar-refractivity contribution in [3.05, 3.63) is 35.5 Å². The van der Waals surface area contributed by atoms with Gasteiger partial charge in [0, 0.05) is 30.3 Å². The fraction of sp³-hybridized carbons (Fsp3) is 0.0833. The van der Waals surface area contributed by atoms with Crippen LogP contribution >= 0.6 is 11.6 Å². The Morgan fingerprint density at radius 2 is 2.24 bits per heavy atom. The van der Waals surface area contributed by atoms with Gasteiger partial charge in [0.15, 0.2) is 0 Å². The van der Waals surface area contributed by atoms with Crippen molar-refractivity contribution in [3.8, 4) is 11.3 Å². The molecule has 86 valence electrons. The first-order chi connectivity index (χ1) is 8.16. The highest BCUT2D eigenvalue weighted by molar-refractivity contribution is 6.35. The summed E-state index contributed by atoms with van der Waals surface area (Å²) in [5.41, 5.74) is 8.62. The van der Waals surface area contributed by atoms with Crippen molar-refractivity contribution >= 4 is 28.3 Å². The van der Waals surface area contributed by atoms with E-state index in [4.69, 9.17) is 17.3 Å². The molecule has 0 saturated heterocycles. The van der Waals surface area contributed by atoms with Crippen LogP contribution in [0.3, 0.4) is 0 Å². The number of nitrogens with zero attached hydrogens (tertiary/aromatic N) is 2. The number of hydrogen-bond donors (Lipinski definition) is 2. The van der Waals surface area contributed by atoms with Gasteiger partial charge < -0.3 is 10.7 Å². The number of rotatable bonds is 1. The van der Waals surface area contributed by atoms with Crippen LogP contribution in [0.4, 0.5) is 5.82 Å². The third kappa shape index (κ3) is 1.49. The van der Waals surface area contributed by atoms with Crippen LogP contribution in [-0.2, 0) is 7.05 Å². The molecule has 3 N–H and O–H groups in total. The number of nitrogen functional groups attached to an aromatic ring is 1. The van der Waals surface area contributed by atoms with Gasteiger partial charge in [-0.3, -0.25) is 4.68 Å². The number of H-pyrrole nitrogens is 1. The first-order valence-corrected chi connectivity index (χ1v) is 5.60. The SMILES string of the molecule is Cn1nc(-c2cccc3c(Cl)c[nH]c23)cc1N. The largest absolute Gasteiger partial charge is 0.384 e. The second-order valence-electron chi connectivity index (χ2n) is 3.94. The van der Waals surface area contributed by atoms with E-state index in [-0.39, 0.29) is 0 Å². The third-order valence-corrected chi connectivity index (χ3v) is 3.17. The lowest BCUT2D eigenvalue weighted by Gasteiger charge is -1.99. The van der Waals surface area contributed by atoms with Crippen molar-refractivity contribution in [3.63, 3.8) is 0 Å². The van der Waals surface area contributed by atoms with Crippen LogP contribution in [-0.4, -0.2) is 14.8 Å². The van der Waals surface area contributed by atoms with Crippen LogP contribution in [0, 0.1) is 0 Å². The van der Waals surface area contributed by atoms with E-state index in [1.54, 1.807) is 10.9 Å².